The van der Waals surface area contributed by atoms with Crippen molar-refractivity contribution in [3.63, 3.8) is 0 Å². The molecule has 1 aromatic carbocycles. The fourth-order valence-electron chi connectivity index (χ4n) is 3.45. The van der Waals surface area contributed by atoms with E-state index < -0.39 is 24.3 Å². The van der Waals surface area contributed by atoms with E-state index in [1.807, 2.05) is 49.6 Å². The zero-order valence-corrected chi connectivity index (χ0v) is 16.5. The number of hydrogen-bond acceptors (Lipinski definition) is 6. The quantitative estimate of drug-likeness (QED) is 0.732. The predicted molar refractivity (Wildman–Crippen MR) is 103 cm³/mol. The van der Waals surface area contributed by atoms with Crippen molar-refractivity contribution in [3.8, 4) is 10.6 Å². The summed E-state index contributed by atoms with van der Waals surface area (Å²) in [5.41, 5.74) is 1.80. The topological polar surface area (TPSA) is 79.7 Å². The van der Waals surface area contributed by atoms with Gasteiger partial charge in [-0.15, -0.1) is 11.3 Å². The van der Waals surface area contributed by atoms with Gasteiger partial charge in [-0.3, -0.25) is 9.59 Å². The SMILES string of the molecule is CC(C)C[C@@H](C(=O)O)N1C(C)OC(=O)[C@@H]1Cc1csc(-c2ccccc2)n1. The lowest BCUT2D eigenvalue weighted by atomic mass is 10.00. The molecule has 1 aliphatic heterocycles. The number of carbonyl (C=O) groups is 2. The third-order valence-corrected chi connectivity index (χ3v) is 5.59. The van der Waals surface area contributed by atoms with Gasteiger partial charge in [0.2, 0.25) is 0 Å². The zero-order valence-electron chi connectivity index (χ0n) is 15.7. The number of rotatable bonds is 7. The number of cyclic esters (lactones) is 1. The maximum atomic E-state index is 12.4. The fourth-order valence-corrected chi connectivity index (χ4v) is 4.29. The van der Waals surface area contributed by atoms with Crippen LogP contribution in [0.2, 0.25) is 0 Å². The molecule has 1 saturated heterocycles. The molecule has 3 atom stereocenters. The molecule has 2 heterocycles. The van der Waals surface area contributed by atoms with Crippen molar-refractivity contribution in [1.82, 2.24) is 9.88 Å². The number of hydrogen-bond donors (Lipinski definition) is 1. The first kappa shape index (κ1) is 19.5. The second-order valence-electron chi connectivity index (χ2n) is 7.20. The number of carbonyl (C=O) groups excluding carboxylic acids is 1. The van der Waals surface area contributed by atoms with Gasteiger partial charge in [-0.25, -0.2) is 9.88 Å². The van der Waals surface area contributed by atoms with Crippen molar-refractivity contribution in [2.45, 2.75) is 51.9 Å². The van der Waals surface area contributed by atoms with Crippen LogP contribution < -0.4 is 0 Å². The Morgan fingerprint density at radius 3 is 2.67 bits per heavy atom. The van der Waals surface area contributed by atoms with Gasteiger partial charge in [0.15, 0.2) is 6.23 Å². The first-order valence-corrected chi connectivity index (χ1v) is 9.95. The van der Waals surface area contributed by atoms with E-state index in [9.17, 15) is 14.7 Å². The molecular weight excluding hydrogens is 364 g/mol. The molecule has 3 rings (SSSR count). The Labute approximate surface area is 162 Å². The Balaban J connectivity index is 1.82. The van der Waals surface area contributed by atoms with Crippen LogP contribution in [0.15, 0.2) is 35.7 Å². The van der Waals surface area contributed by atoms with Crippen LogP contribution in [-0.2, 0) is 20.7 Å². The molecule has 1 unspecified atom stereocenters. The highest BCUT2D eigenvalue weighted by Gasteiger charge is 2.46. The van der Waals surface area contributed by atoms with E-state index in [1.165, 1.54) is 11.3 Å². The zero-order chi connectivity index (χ0) is 19.6. The van der Waals surface area contributed by atoms with Crippen LogP contribution in [0.5, 0.6) is 0 Å². The molecule has 0 amide bonds. The normalized spacial score (nSPS) is 21.4. The van der Waals surface area contributed by atoms with Crippen molar-refractivity contribution < 1.29 is 19.4 Å². The lowest BCUT2D eigenvalue weighted by Gasteiger charge is -2.30. The minimum absolute atomic E-state index is 0.193. The van der Waals surface area contributed by atoms with Crippen LogP contribution in [0.3, 0.4) is 0 Å². The third kappa shape index (κ3) is 4.36. The van der Waals surface area contributed by atoms with Crippen LogP contribution >= 0.6 is 11.3 Å². The molecule has 144 valence electrons. The number of benzene rings is 1. The summed E-state index contributed by atoms with van der Waals surface area (Å²) in [7, 11) is 0. The van der Waals surface area contributed by atoms with E-state index in [-0.39, 0.29) is 11.9 Å². The van der Waals surface area contributed by atoms with Gasteiger partial charge < -0.3 is 9.84 Å². The number of carboxylic acid groups (broad SMARTS) is 1. The molecule has 1 aliphatic rings. The van der Waals surface area contributed by atoms with E-state index in [4.69, 9.17) is 4.74 Å². The summed E-state index contributed by atoms with van der Waals surface area (Å²) < 4.78 is 5.36. The summed E-state index contributed by atoms with van der Waals surface area (Å²) in [6.07, 6.45) is 0.239. The Kier molecular flexibility index (Phi) is 5.92. The molecular formula is C20H24N2O4S. The first-order chi connectivity index (χ1) is 12.9. The maximum Gasteiger partial charge on any atom is 0.325 e. The van der Waals surface area contributed by atoms with Gasteiger partial charge in [0, 0.05) is 17.4 Å². The summed E-state index contributed by atoms with van der Waals surface area (Å²) in [5.74, 6) is -1.12. The Bertz CT molecular complexity index is 805. The average Bonchev–Trinajstić information content (AvgIpc) is 3.19. The Morgan fingerprint density at radius 1 is 1.33 bits per heavy atom. The second-order valence-corrected chi connectivity index (χ2v) is 8.06. The Morgan fingerprint density at radius 2 is 2.04 bits per heavy atom. The molecule has 0 saturated carbocycles. The number of carboxylic acids is 1. The van der Waals surface area contributed by atoms with E-state index in [0.717, 1.165) is 16.3 Å². The number of thiazole rings is 1. The van der Waals surface area contributed by atoms with Crippen molar-refractivity contribution in [2.75, 3.05) is 0 Å². The number of aliphatic carboxylic acids is 1. The summed E-state index contributed by atoms with van der Waals surface area (Å²) in [5, 5.41) is 12.5. The minimum atomic E-state index is -0.929. The van der Waals surface area contributed by atoms with Gasteiger partial charge in [-0.1, -0.05) is 44.2 Å². The molecule has 7 heteroatoms. The summed E-state index contributed by atoms with van der Waals surface area (Å²) in [4.78, 5) is 30.6. The highest BCUT2D eigenvalue weighted by Crippen LogP contribution is 2.29. The van der Waals surface area contributed by atoms with Crippen molar-refractivity contribution in [1.29, 1.82) is 0 Å². The highest BCUT2D eigenvalue weighted by atomic mass is 32.1. The summed E-state index contributed by atoms with van der Waals surface area (Å²) in [6.45, 7) is 5.67. The van der Waals surface area contributed by atoms with E-state index in [1.54, 1.807) is 11.8 Å². The van der Waals surface area contributed by atoms with Crippen LogP contribution in [-0.4, -0.2) is 45.2 Å². The molecule has 6 nitrogen and oxygen atoms in total. The molecule has 0 radical (unpaired) electrons. The standard InChI is InChI=1S/C20H24N2O4S/c1-12(2)9-16(19(23)24)22-13(3)26-20(25)17(22)10-15-11-27-18(21-15)14-7-5-4-6-8-14/h4-8,11-13,16-17H,9-10H2,1-3H3,(H,23,24)/t13?,16-,17-/m0/s1. The maximum absolute atomic E-state index is 12.4. The first-order valence-electron chi connectivity index (χ1n) is 9.07. The predicted octanol–water partition coefficient (Wildman–Crippen LogP) is 3.43. The van der Waals surface area contributed by atoms with Crippen molar-refractivity contribution >= 4 is 23.3 Å². The molecule has 0 aliphatic carbocycles. The molecule has 2 aromatic rings. The summed E-state index contributed by atoms with van der Waals surface area (Å²) >= 11 is 1.52. The van der Waals surface area contributed by atoms with E-state index >= 15 is 0 Å². The number of ether oxygens (including phenoxy) is 1. The van der Waals surface area contributed by atoms with Gasteiger partial charge in [0.1, 0.15) is 17.1 Å². The van der Waals surface area contributed by atoms with Gasteiger partial charge in [-0.2, -0.15) is 0 Å². The molecule has 1 fully saturated rings. The van der Waals surface area contributed by atoms with Gasteiger partial charge in [0.25, 0.3) is 0 Å². The van der Waals surface area contributed by atoms with Gasteiger partial charge >= 0.3 is 11.9 Å². The summed E-state index contributed by atoms with van der Waals surface area (Å²) in [6, 6.07) is 8.45. The van der Waals surface area contributed by atoms with Gasteiger partial charge in [-0.05, 0) is 19.3 Å². The largest absolute Gasteiger partial charge is 0.480 e. The lowest BCUT2D eigenvalue weighted by Crippen LogP contribution is -2.50. The molecule has 1 aromatic heterocycles. The average molecular weight is 388 g/mol. The number of nitrogens with zero attached hydrogens (tertiary/aromatic N) is 2. The molecule has 1 N–H and O–H groups in total. The van der Waals surface area contributed by atoms with Crippen LogP contribution in [0.1, 0.15) is 32.9 Å². The molecule has 0 bridgehead atoms. The van der Waals surface area contributed by atoms with Crippen molar-refractivity contribution in [2.24, 2.45) is 5.92 Å². The third-order valence-electron chi connectivity index (χ3n) is 4.65. The smallest absolute Gasteiger partial charge is 0.325 e. The van der Waals surface area contributed by atoms with E-state index in [0.29, 0.717) is 12.8 Å². The monoisotopic (exact) mass is 388 g/mol. The highest BCUT2D eigenvalue weighted by molar-refractivity contribution is 7.13. The van der Waals surface area contributed by atoms with Gasteiger partial charge in [0.05, 0.1) is 5.69 Å². The van der Waals surface area contributed by atoms with Crippen LogP contribution in [0.25, 0.3) is 10.6 Å². The number of aromatic nitrogens is 1. The van der Waals surface area contributed by atoms with Crippen LogP contribution in [0, 0.1) is 5.92 Å². The second kappa shape index (κ2) is 8.19. The lowest BCUT2D eigenvalue weighted by molar-refractivity contribution is -0.148. The molecule has 0 spiro atoms. The van der Waals surface area contributed by atoms with E-state index in [2.05, 4.69) is 4.98 Å². The fraction of sp³-hybridized carbons (Fsp3) is 0.450. The Hall–Kier alpha value is -2.25. The van der Waals surface area contributed by atoms with Crippen LogP contribution in [0.4, 0.5) is 0 Å². The van der Waals surface area contributed by atoms with Crippen molar-refractivity contribution in [3.05, 3.63) is 41.4 Å². The molecule has 27 heavy (non-hydrogen) atoms. The number of esters is 1. The minimum Gasteiger partial charge on any atom is -0.480 e.